The second kappa shape index (κ2) is 9.23. The molecular weight excluding hydrogens is 411 g/mol. The Morgan fingerprint density at radius 2 is 1.80 bits per heavy atom. The number of nitrogens with one attached hydrogen (secondary N) is 1. The summed E-state index contributed by atoms with van der Waals surface area (Å²) in [5, 5.41) is 11.0. The first-order valence-electron chi connectivity index (χ1n) is 9.39. The average Bonchev–Trinajstić information content (AvgIpc) is 3.22. The molecule has 0 spiro atoms. The Morgan fingerprint density at radius 1 is 1.10 bits per heavy atom. The molecule has 0 aliphatic heterocycles. The molecule has 0 fully saturated rings. The SMILES string of the molecule is CCN(CC)S(=O)(=O)c1ccc(OC)c(NCc2nnc(-c3ccc(F)cc3)o2)c1. The van der Waals surface area contributed by atoms with Crippen LogP contribution in [0, 0.1) is 5.82 Å². The van der Waals surface area contributed by atoms with E-state index >= 15 is 0 Å². The van der Waals surface area contributed by atoms with Crippen LogP contribution in [0.4, 0.5) is 10.1 Å². The van der Waals surface area contributed by atoms with Gasteiger partial charge in [0.2, 0.25) is 21.8 Å². The molecule has 2 aromatic carbocycles. The lowest BCUT2D eigenvalue weighted by molar-refractivity contribution is 0.415. The fourth-order valence-corrected chi connectivity index (χ4v) is 4.39. The van der Waals surface area contributed by atoms with Gasteiger partial charge in [0, 0.05) is 18.7 Å². The summed E-state index contributed by atoms with van der Waals surface area (Å²) < 4.78 is 51.0. The molecule has 30 heavy (non-hydrogen) atoms. The zero-order chi connectivity index (χ0) is 21.7. The van der Waals surface area contributed by atoms with Gasteiger partial charge in [-0.25, -0.2) is 12.8 Å². The van der Waals surface area contributed by atoms with E-state index in [-0.39, 0.29) is 29.0 Å². The topological polar surface area (TPSA) is 97.6 Å². The van der Waals surface area contributed by atoms with Crippen LogP contribution < -0.4 is 10.1 Å². The van der Waals surface area contributed by atoms with Crippen LogP contribution in [0.2, 0.25) is 0 Å². The highest BCUT2D eigenvalue weighted by molar-refractivity contribution is 7.89. The van der Waals surface area contributed by atoms with Gasteiger partial charge in [-0.05, 0) is 42.5 Å². The number of aromatic nitrogens is 2. The van der Waals surface area contributed by atoms with Gasteiger partial charge in [-0.3, -0.25) is 0 Å². The molecule has 10 heteroatoms. The fraction of sp³-hybridized carbons (Fsp3) is 0.300. The van der Waals surface area contributed by atoms with Crippen LogP contribution >= 0.6 is 0 Å². The summed E-state index contributed by atoms with van der Waals surface area (Å²) >= 11 is 0. The number of hydrogen-bond acceptors (Lipinski definition) is 7. The lowest BCUT2D eigenvalue weighted by Crippen LogP contribution is -2.30. The molecule has 0 unspecified atom stereocenters. The largest absolute Gasteiger partial charge is 0.495 e. The van der Waals surface area contributed by atoms with E-state index < -0.39 is 10.0 Å². The second-order valence-electron chi connectivity index (χ2n) is 6.31. The van der Waals surface area contributed by atoms with Gasteiger partial charge in [0.1, 0.15) is 11.6 Å². The summed E-state index contributed by atoms with van der Waals surface area (Å²) in [6, 6.07) is 10.3. The van der Waals surface area contributed by atoms with Gasteiger partial charge >= 0.3 is 0 Å². The molecule has 0 saturated heterocycles. The molecule has 0 radical (unpaired) electrons. The molecule has 0 aliphatic carbocycles. The third kappa shape index (κ3) is 4.60. The first-order valence-corrected chi connectivity index (χ1v) is 10.8. The normalized spacial score (nSPS) is 11.6. The third-order valence-electron chi connectivity index (χ3n) is 4.50. The maximum atomic E-state index is 13.1. The molecule has 8 nitrogen and oxygen atoms in total. The molecule has 1 heterocycles. The first kappa shape index (κ1) is 21.7. The van der Waals surface area contributed by atoms with Crippen molar-refractivity contribution in [3.63, 3.8) is 0 Å². The number of benzene rings is 2. The Balaban J connectivity index is 1.80. The Kier molecular flexibility index (Phi) is 6.68. The van der Waals surface area contributed by atoms with Crippen molar-refractivity contribution in [2.75, 3.05) is 25.5 Å². The van der Waals surface area contributed by atoms with E-state index in [1.807, 2.05) is 0 Å². The third-order valence-corrected chi connectivity index (χ3v) is 6.55. The Bertz CT molecular complexity index is 1100. The van der Waals surface area contributed by atoms with E-state index in [1.54, 1.807) is 32.0 Å². The van der Waals surface area contributed by atoms with Crippen LogP contribution in [0.15, 0.2) is 51.8 Å². The maximum Gasteiger partial charge on any atom is 0.247 e. The number of ether oxygens (including phenoxy) is 1. The van der Waals surface area contributed by atoms with Crippen molar-refractivity contribution in [2.24, 2.45) is 0 Å². The molecule has 0 atom stereocenters. The van der Waals surface area contributed by atoms with Crippen molar-refractivity contribution in [3.8, 4) is 17.2 Å². The summed E-state index contributed by atoms with van der Waals surface area (Å²) in [6.07, 6.45) is 0. The van der Waals surface area contributed by atoms with E-state index in [1.165, 1.54) is 35.7 Å². The predicted molar refractivity (Wildman–Crippen MR) is 110 cm³/mol. The minimum absolute atomic E-state index is 0.152. The minimum Gasteiger partial charge on any atom is -0.495 e. The summed E-state index contributed by atoms with van der Waals surface area (Å²) in [6.45, 7) is 4.49. The number of nitrogens with zero attached hydrogens (tertiary/aromatic N) is 3. The quantitative estimate of drug-likeness (QED) is 0.550. The maximum absolute atomic E-state index is 13.1. The van der Waals surface area contributed by atoms with Crippen molar-refractivity contribution in [2.45, 2.75) is 25.3 Å². The Labute approximate surface area is 174 Å². The van der Waals surface area contributed by atoms with Crippen molar-refractivity contribution in [1.29, 1.82) is 0 Å². The molecular formula is C20H23FN4O4S. The minimum atomic E-state index is -3.61. The molecule has 3 aromatic rings. The monoisotopic (exact) mass is 434 g/mol. The summed E-state index contributed by atoms with van der Waals surface area (Å²) in [5.74, 6) is 0.670. The summed E-state index contributed by atoms with van der Waals surface area (Å²) in [7, 11) is -2.11. The van der Waals surface area contributed by atoms with Crippen molar-refractivity contribution >= 4 is 15.7 Å². The lowest BCUT2D eigenvalue weighted by Gasteiger charge is -2.19. The van der Waals surface area contributed by atoms with Gasteiger partial charge in [-0.15, -0.1) is 10.2 Å². The number of sulfonamides is 1. The molecule has 1 aromatic heterocycles. The average molecular weight is 434 g/mol. The number of halogens is 1. The predicted octanol–water partition coefficient (Wildman–Crippen LogP) is 3.53. The molecule has 3 rings (SSSR count). The van der Waals surface area contributed by atoms with Crippen LogP contribution in [0.3, 0.4) is 0 Å². The van der Waals surface area contributed by atoms with Crippen molar-refractivity contribution < 1.29 is 22.0 Å². The van der Waals surface area contributed by atoms with E-state index in [4.69, 9.17) is 9.15 Å². The molecule has 0 saturated carbocycles. The van der Waals surface area contributed by atoms with Gasteiger partial charge in [0.25, 0.3) is 0 Å². The van der Waals surface area contributed by atoms with Crippen LogP contribution in [0.25, 0.3) is 11.5 Å². The zero-order valence-electron chi connectivity index (χ0n) is 16.9. The number of anilines is 1. The van der Waals surface area contributed by atoms with Gasteiger partial charge in [-0.2, -0.15) is 4.31 Å². The molecule has 0 aliphatic rings. The Morgan fingerprint density at radius 3 is 2.43 bits per heavy atom. The lowest BCUT2D eigenvalue weighted by atomic mass is 10.2. The standard InChI is InChI=1S/C20H23FN4O4S/c1-4-25(5-2)30(26,27)16-10-11-18(28-3)17(12-16)22-13-19-23-24-20(29-19)14-6-8-15(21)9-7-14/h6-12,22H,4-5,13H2,1-3H3. The second-order valence-corrected chi connectivity index (χ2v) is 8.25. The van der Waals surface area contributed by atoms with Crippen molar-refractivity contribution in [3.05, 3.63) is 54.2 Å². The molecule has 0 amide bonds. The van der Waals surface area contributed by atoms with Gasteiger partial charge in [0.15, 0.2) is 0 Å². The van der Waals surface area contributed by atoms with Crippen molar-refractivity contribution in [1.82, 2.24) is 14.5 Å². The van der Waals surface area contributed by atoms with Gasteiger partial charge < -0.3 is 14.5 Å². The first-order chi connectivity index (χ1) is 14.4. The molecule has 160 valence electrons. The number of methoxy groups -OCH3 is 1. The smallest absolute Gasteiger partial charge is 0.247 e. The van der Waals surface area contributed by atoms with Crippen LogP contribution in [-0.2, 0) is 16.6 Å². The highest BCUT2D eigenvalue weighted by atomic mass is 32.2. The number of rotatable bonds is 9. The van der Waals surface area contributed by atoms with E-state index in [9.17, 15) is 12.8 Å². The zero-order valence-corrected chi connectivity index (χ0v) is 17.7. The Hall–Kier alpha value is -2.98. The highest BCUT2D eigenvalue weighted by Crippen LogP contribution is 2.29. The highest BCUT2D eigenvalue weighted by Gasteiger charge is 2.23. The van der Waals surface area contributed by atoms with Gasteiger partial charge in [-0.1, -0.05) is 13.8 Å². The van der Waals surface area contributed by atoms with Gasteiger partial charge in [0.05, 0.1) is 24.2 Å². The molecule has 1 N–H and O–H groups in total. The van der Waals surface area contributed by atoms with Crippen LogP contribution in [0.1, 0.15) is 19.7 Å². The van der Waals surface area contributed by atoms with Crippen LogP contribution in [-0.4, -0.2) is 43.1 Å². The van der Waals surface area contributed by atoms with E-state index in [0.29, 0.717) is 30.1 Å². The van der Waals surface area contributed by atoms with Crippen LogP contribution in [0.5, 0.6) is 5.75 Å². The fourth-order valence-electron chi connectivity index (χ4n) is 2.90. The summed E-state index contributed by atoms with van der Waals surface area (Å²) in [4.78, 5) is 0.159. The summed E-state index contributed by atoms with van der Waals surface area (Å²) in [5.41, 5.74) is 1.08. The van der Waals surface area contributed by atoms with E-state index in [2.05, 4.69) is 15.5 Å². The number of hydrogen-bond donors (Lipinski definition) is 1. The molecule has 0 bridgehead atoms. The van der Waals surface area contributed by atoms with E-state index in [0.717, 1.165) is 0 Å².